The minimum absolute atomic E-state index is 0.105. The standard InChI is InChI=1S/C20H30O6/c1-3-4-7-10-15(21)13-14-17-16(19(24)26-20(17,2)25)11-8-5-6-9-12-18(22)23/h5,8,13-15,21,25H,3-4,6-7,9-12H2,1-2H3,(H,22,23). The van der Waals surface area contributed by atoms with Crippen LogP contribution in [0.5, 0.6) is 0 Å². The summed E-state index contributed by atoms with van der Waals surface area (Å²) in [6.45, 7) is 3.49. The van der Waals surface area contributed by atoms with Crippen molar-refractivity contribution in [1.29, 1.82) is 0 Å². The van der Waals surface area contributed by atoms with Crippen molar-refractivity contribution in [3.05, 3.63) is 35.5 Å². The predicted octanol–water partition coefficient (Wildman–Crippen LogP) is 3.25. The van der Waals surface area contributed by atoms with E-state index in [0.717, 1.165) is 19.3 Å². The lowest BCUT2D eigenvalue weighted by molar-refractivity contribution is -0.174. The fourth-order valence-electron chi connectivity index (χ4n) is 2.73. The lowest BCUT2D eigenvalue weighted by Crippen LogP contribution is -2.26. The second kappa shape index (κ2) is 10.9. The zero-order chi connectivity index (χ0) is 19.6. The highest BCUT2D eigenvalue weighted by Crippen LogP contribution is 2.33. The fraction of sp³-hybridized carbons (Fsp3) is 0.600. The Morgan fingerprint density at radius 1 is 1.27 bits per heavy atom. The van der Waals surface area contributed by atoms with E-state index in [4.69, 9.17) is 9.84 Å². The van der Waals surface area contributed by atoms with Crippen LogP contribution in [0.1, 0.15) is 65.2 Å². The van der Waals surface area contributed by atoms with Crippen molar-refractivity contribution in [2.45, 2.75) is 77.1 Å². The molecule has 0 saturated carbocycles. The summed E-state index contributed by atoms with van der Waals surface area (Å²) in [6, 6.07) is 0. The fourth-order valence-corrected chi connectivity index (χ4v) is 2.73. The molecule has 26 heavy (non-hydrogen) atoms. The Kier molecular flexibility index (Phi) is 9.30. The van der Waals surface area contributed by atoms with Gasteiger partial charge in [0.2, 0.25) is 5.79 Å². The van der Waals surface area contributed by atoms with Crippen molar-refractivity contribution in [3.63, 3.8) is 0 Å². The van der Waals surface area contributed by atoms with Crippen molar-refractivity contribution >= 4 is 11.9 Å². The normalized spacial score (nSPS) is 21.8. The summed E-state index contributed by atoms with van der Waals surface area (Å²) in [6.07, 6.45) is 11.3. The van der Waals surface area contributed by atoms with Crippen molar-refractivity contribution in [2.24, 2.45) is 0 Å². The van der Waals surface area contributed by atoms with Crippen LogP contribution < -0.4 is 0 Å². The highest BCUT2D eigenvalue weighted by Gasteiger charge is 2.40. The number of unbranched alkanes of at least 4 members (excludes halogenated alkanes) is 3. The third-order valence-electron chi connectivity index (χ3n) is 4.20. The quantitative estimate of drug-likeness (QED) is 0.278. The van der Waals surface area contributed by atoms with Crippen molar-refractivity contribution in [3.8, 4) is 0 Å². The molecule has 6 heteroatoms. The Hall–Kier alpha value is -1.92. The number of hydrogen-bond acceptors (Lipinski definition) is 5. The van der Waals surface area contributed by atoms with E-state index in [0.29, 0.717) is 30.4 Å². The Labute approximate surface area is 154 Å². The average molecular weight is 366 g/mol. The van der Waals surface area contributed by atoms with Gasteiger partial charge in [0.1, 0.15) is 0 Å². The van der Waals surface area contributed by atoms with Gasteiger partial charge in [-0.05, 0) is 25.7 Å². The maximum Gasteiger partial charge on any atom is 0.337 e. The van der Waals surface area contributed by atoms with Crippen LogP contribution in [0.4, 0.5) is 0 Å². The summed E-state index contributed by atoms with van der Waals surface area (Å²) in [5.74, 6) is -3.12. The number of aliphatic carboxylic acids is 1. The molecule has 2 unspecified atom stereocenters. The number of carboxylic acid groups (broad SMARTS) is 1. The van der Waals surface area contributed by atoms with E-state index in [9.17, 15) is 19.8 Å². The molecule has 0 saturated heterocycles. The largest absolute Gasteiger partial charge is 0.481 e. The van der Waals surface area contributed by atoms with Crippen LogP contribution in [0.2, 0.25) is 0 Å². The molecular weight excluding hydrogens is 336 g/mol. The van der Waals surface area contributed by atoms with Crippen LogP contribution >= 0.6 is 0 Å². The smallest absolute Gasteiger partial charge is 0.337 e. The topological polar surface area (TPSA) is 104 Å². The number of carbonyl (C=O) groups is 2. The van der Waals surface area contributed by atoms with Crippen molar-refractivity contribution < 1.29 is 29.6 Å². The molecule has 146 valence electrons. The van der Waals surface area contributed by atoms with Crippen LogP contribution in [-0.2, 0) is 14.3 Å². The summed E-state index contributed by atoms with van der Waals surface area (Å²) in [5, 5.41) is 28.9. The van der Waals surface area contributed by atoms with E-state index < -0.39 is 23.8 Å². The number of carboxylic acids is 1. The monoisotopic (exact) mass is 366 g/mol. The lowest BCUT2D eigenvalue weighted by Gasteiger charge is -2.17. The summed E-state index contributed by atoms with van der Waals surface area (Å²) in [5.41, 5.74) is 0.703. The van der Waals surface area contributed by atoms with Crippen LogP contribution in [-0.4, -0.2) is 39.1 Å². The molecule has 2 atom stereocenters. The second-order valence-electron chi connectivity index (χ2n) is 6.65. The number of allylic oxidation sites excluding steroid dienone is 2. The number of cyclic esters (lactones) is 1. The molecule has 0 aliphatic carbocycles. The van der Waals surface area contributed by atoms with E-state index >= 15 is 0 Å². The van der Waals surface area contributed by atoms with Gasteiger partial charge in [0.25, 0.3) is 0 Å². The minimum atomic E-state index is -1.71. The molecule has 0 fully saturated rings. The molecule has 0 aromatic heterocycles. The SMILES string of the molecule is CCCCCC(O)C=CC1=C(CC=CCCCC(=O)O)C(=O)OC1(C)O. The maximum absolute atomic E-state index is 12.0. The second-order valence-corrected chi connectivity index (χ2v) is 6.65. The van der Waals surface area contributed by atoms with Crippen molar-refractivity contribution in [1.82, 2.24) is 0 Å². The van der Waals surface area contributed by atoms with Crippen LogP contribution in [0.3, 0.4) is 0 Å². The molecule has 3 N–H and O–H groups in total. The van der Waals surface area contributed by atoms with Gasteiger partial charge in [-0.25, -0.2) is 4.79 Å². The summed E-state index contributed by atoms with van der Waals surface area (Å²) >= 11 is 0. The van der Waals surface area contributed by atoms with Gasteiger partial charge < -0.3 is 20.1 Å². The van der Waals surface area contributed by atoms with Crippen LogP contribution in [0.15, 0.2) is 35.5 Å². The summed E-state index contributed by atoms with van der Waals surface area (Å²) in [4.78, 5) is 22.5. The average Bonchev–Trinajstić information content (AvgIpc) is 2.77. The van der Waals surface area contributed by atoms with E-state index in [1.165, 1.54) is 6.92 Å². The number of aliphatic hydroxyl groups excluding tert-OH is 1. The molecule has 0 spiro atoms. The van der Waals surface area contributed by atoms with Crippen LogP contribution in [0, 0.1) is 0 Å². The minimum Gasteiger partial charge on any atom is -0.481 e. The van der Waals surface area contributed by atoms with E-state index in [-0.39, 0.29) is 12.8 Å². The van der Waals surface area contributed by atoms with Crippen molar-refractivity contribution in [2.75, 3.05) is 0 Å². The van der Waals surface area contributed by atoms with Crippen LogP contribution in [0.25, 0.3) is 0 Å². The van der Waals surface area contributed by atoms with Gasteiger partial charge in [-0.3, -0.25) is 4.79 Å². The Morgan fingerprint density at radius 3 is 2.65 bits per heavy atom. The number of ether oxygens (including phenoxy) is 1. The molecular formula is C20H30O6. The van der Waals surface area contributed by atoms with E-state index in [1.807, 2.05) is 6.08 Å². The Morgan fingerprint density at radius 2 is 2.00 bits per heavy atom. The van der Waals surface area contributed by atoms with Gasteiger partial charge in [-0.15, -0.1) is 0 Å². The number of esters is 1. The molecule has 0 radical (unpaired) electrons. The van der Waals surface area contributed by atoms with Gasteiger partial charge in [0.05, 0.1) is 11.7 Å². The van der Waals surface area contributed by atoms with Gasteiger partial charge >= 0.3 is 11.9 Å². The van der Waals surface area contributed by atoms with Gasteiger partial charge in [0.15, 0.2) is 0 Å². The Bertz CT molecular complexity index is 571. The van der Waals surface area contributed by atoms with Gasteiger partial charge in [-0.2, -0.15) is 0 Å². The van der Waals surface area contributed by atoms with Gasteiger partial charge in [-0.1, -0.05) is 50.5 Å². The first kappa shape index (κ1) is 22.1. The number of rotatable bonds is 12. The maximum atomic E-state index is 12.0. The first-order chi connectivity index (χ1) is 12.3. The van der Waals surface area contributed by atoms with E-state index in [1.54, 1.807) is 18.2 Å². The molecule has 0 aromatic rings. The first-order valence-electron chi connectivity index (χ1n) is 9.20. The lowest BCUT2D eigenvalue weighted by atomic mass is 9.99. The zero-order valence-electron chi connectivity index (χ0n) is 15.6. The molecule has 1 rings (SSSR count). The third-order valence-corrected chi connectivity index (χ3v) is 4.20. The summed E-state index contributed by atoms with van der Waals surface area (Å²) in [7, 11) is 0. The zero-order valence-corrected chi connectivity index (χ0v) is 15.6. The first-order valence-corrected chi connectivity index (χ1v) is 9.20. The molecule has 6 nitrogen and oxygen atoms in total. The predicted molar refractivity (Wildman–Crippen MR) is 98.3 cm³/mol. The number of aliphatic hydroxyl groups is 2. The molecule has 0 bridgehead atoms. The van der Waals surface area contributed by atoms with E-state index in [2.05, 4.69) is 6.92 Å². The molecule has 0 aromatic carbocycles. The van der Waals surface area contributed by atoms with Gasteiger partial charge in [0, 0.05) is 18.9 Å². The number of hydrogen-bond donors (Lipinski definition) is 3. The highest BCUT2D eigenvalue weighted by molar-refractivity contribution is 5.93. The molecule has 0 amide bonds. The Balaban J connectivity index is 2.72. The third kappa shape index (κ3) is 7.54. The molecule has 1 heterocycles. The molecule has 1 aliphatic heterocycles. The molecule has 1 aliphatic rings. The highest BCUT2D eigenvalue weighted by atomic mass is 16.7. The summed E-state index contributed by atoms with van der Waals surface area (Å²) < 4.78 is 5.01. The number of carbonyl (C=O) groups excluding carboxylic acids is 1.